The summed E-state index contributed by atoms with van der Waals surface area (Å²) in [6.07, 6.45) is 0.947. The number of amides is 1. The van der Waals surface area contributed by atoms with Crippen LogP contribution >= 0.6 is 0 Å². The van der Waals surface area contributed by atoms with Crippen LogP contribution in [0, 0.1) is 0 Å². The van der Waals surface area contributed by atoms with Gasteiger partial charge in [0, 0.05) is 13.1 Å². The highest BCUT2D eigenvalue weighted by Gasteiger charge is 2.03. The van der Waals surface area contributed by atoms with Crippen LogP contribution in [-0.4, -0.2) is 38.8 Å². The molecule has 0 saturated carbocycles. The second kappa shape index (κ2) is 10.1. The molecule has 0 saturated heterocycles. The summed E-state index contributed by atoms with van der Waals surface area (Å²) in [5, 5.41) is 5.84. The van der Waals surface area contributed by atoms with Gasteiger partial charge in [-0.25, -0.2) is 0 Å². The van der Waals surface area contributed by atoms with E-state index in [1.165, 1.54) is 0 Å². The predicted molar refractivity (Wildman–Crippen MR) is 79.3 cm³/mol. The fourth-order valence-electron chi connectivity index (χ4n) is 1.61. The molecule has 0 aliphatic heterocycles. The standard InChI is InChI=1S/C15H24N2O3/c1-3-9-17-15(18)12-16-10-11-20-14-8-6-5-7-13(14)19-4-2/h5-8,16H,3-4,9-12H2,1-2H3,(H,17,18). The van der Waals surface area contributed by atoms with Crippen molar-refractivity contribution in [2.75, 3.05) is 32.8 Å². The van der Waals surface area contributed by atoms with Gasteiger partial charge in [0.1, 0.15) is 6.61 Å². The smallest absolute Gasteiger partial charge is 0.233 e. The first-order valence-electron chi connectivity index (χ1n) is 7.10. The third-order valence-electron chi connectivity index (χ3n) is 2.54. The highest BCUT2D eigenvalue weighted by atomic mass is 16.5. The van der Waals surface area contributed by atoms with Gasteiger partial charge >= 0.3 is 0 Å². The van der Waals surface area contributed by atoms with Crippen molar-refractivity contribution in [3.05, 3.63) is 24.3 Å². The summed E-state index contributed by atoms with van der Waals surface area (Å²) in [5.74, 6) is 1.49. The summed E-state index contributed by atoms with van der Waals surface area (Å²) in [6.45, 7) is 6.71. The van der Waals surface area contributed by atoms with E-state index in [1.54, 1.807) is 0 Å². The van der Waals surface area contributed by atoms with Gasteiger partial charge in [0.05, 0.1) is 13.2 Å². The highest BCUT2D eigenvalue weighted by Crippen LogP contribution is 2.25. The van der Waals surface area contributed by atoms with E-state index in [4.69, 9.17) is 9.47 Å². The highest BCUT2D eigenvalue weighted by molar-refractivity contribution is 5.77. The summed E-state index contributed by atoms with van der Waals surface area (Å²) < 4.78 is 11.1. The molecule has 112 valence electrons. The fraction of sp³-hybridized carbons (Fsp3) is 0.533. The molecule has 0 spiro atoms. The van der Waals surface area contributed by atoms with E-state index in [0.717, 1.165) is 24.5 Å². The number of carbonyl (C=O) groups is 1. The Kier molecular flexibility index (Phi) is 8.22. The molecule has 20 heavy (non-hydrogen) atoms. The Balaban J connectivity index is 2.19. The van der Waals surface area contributed by atoms with Gasteiger partial charge in [-0.15, -0.1) is 0 Å². The quantitative estimate of drug-likeness (QED) is 0.639. The molecule has 0 fully saturated rings. The van der Waals surface area contributed by atoms with E-state index in [9.17, 15) is 4.79 Å². The minimum atomic E-state index is 0.0153. The minimum Gasteiger partial charge on any atom is -0.490 e. The van der Waals surface area contributed by atoms with Crippen molar-refractivity contribution in [2.45, 2.75) is 20.3 Å². The third-order valence-corrected chi connectivity index (χ3v) is 2.54. The normalized spacial score (nSPS) is 10.1. The molecule has 0 radical (unpaired) electrons. The van der Waals surface area contributed by atoms with Crippen molar-refractivity contribution in [3.8, 4) is 11.5 Å². The molecule has 0 aliphatic rings. The summed E-state index contributed by atoms with van der Waals surface area (Å²) in [5.41, 5.74) is 0. The number of nitrogens with one attached hydrogen (secondary N) is 2. The molecular formula is C15H24N2O3. The second-order valence-corrected chi connectivity index (χ2v) is 4.25. The maximum absolute atomic E-state index is 11.3. The van der Waals surface area contributed by atoms with Gasteiger partial charge in [-0.1, -0.05) is 19.1 Å². The average Bonchev–Trinajstić information content (AvgIpc) is 2.46. The molecular weight excluding hydrogens is 256 g/mol. The Bertz CT molecular complexity index is 396. The molecule has 1 amide bonds. The molecule has 0 heterocycles. The largest absolute Gasteiger partial charge is 0.490 e. The zero-order valence-corrected chi connectivity index (χ0v) is 12.3. The molecule has 1 rings (SSSR count). The van der Waals surface area contributed by atoms with Gasteiger partial charge in [-0.3, -0.25) is 4.79 Å². The summed E-state index contributed by atoms with van der Waals surface area (Å²) in [6, 6.07) is 7.57. The molecule has 0 unspecified atom stereocenters. The fourth-order valence-corrected chi connectivity index (χ4v) is 1.61. The Labute approximate surface area is 120 Å². The first kappa shape index (κ1) is 16.3. The molecule has 5 heteroatoms. The molecule has 5 nitrogen and oxygen atoms in total. The van der Waals surface area contributed by atoms with Crippen molar-refractivity contribution in [2.24, 2.45) is 0 Å². The maximum Gasteiger partial charge on any atom is 0.233 e. The Morgan fingerprint density at radius 3 is 2.45 bits per heavy atom. The average molecular weight is 280 g/mol. The molecule has 0 aliphatic carbocycles. The van der Waals surface area contributed by atoms with Gasteiger partial charge in [-0.2, -0.15) is 0 Å². The molecule has 0 aromatic heterocycles. The summed E-state index contributed by atoms with van der Waals surface area (Å²) >= 11 is 0. The third kappa shape index (κ3) is 6.43. The van der Waals surface area contributed by atoms with Crippen LogP contribution in [0.2, 0.25) is 0 Å². The van der Waals surface area contributed by atoms with Gasteiger partial charge in [0.25, 0.3) is 0 Å². The van der Waals surface area contributed by atoms with Crippen molar-refractivity contribution in [3.63, 3.8) is 0 Å². The van der Waals surface area contributed by atoms with Crippen LogP contribution in [0.3, 0.4) is 0 Å². The maximum atomic E-state index is 11.3. The topological polar surface area (TPSA) is 59.6 Å². The number of carbonyl (C=O) groups excluding carboxylic acids is 1. The van der Waals surface area contributed by atoms with E-state index in [-0.39, 0.29) is 5.91 Å². The van der Waals surface area contributed by atoms with Crippen molar-refractivity contribution in [1.29, 1.82) is 0 Å². The van der Waals surface area contributed by atoms with E-state index < -0.39 is 0 Å². The van der Waals surface area contributed by atoms with Crippen LogP contribution in [0.1, 0.15) is 20.3 Å². The van der Waals surface area contributed by atoms with E-state index in [1.807, 2.05) is 38.1 Å². The van der Waals surface area contributed by atoms with Gasteiger partial charge in [0.2, 0.25) is 5.91 Å². The van der Waals surface area contributed by atoms with Gasteiger partial charge in [-0.05, 0) is 25.5 Å². The predicted octanol–water partition coefficient (Wildman–Crippen LogP) is 1.58. The molecule has 1 aromatic rings. The lowest BCUT2D eigenvalue weighted by molar-refractivity contribution is -0.120. The number of para-hydroxylation sites is 2. The summed E-state index contributed by atoms with van der Waals surface area (Å²) in [4.78, 5) is 11.3. The van der Waals surface area contributed by atoms with E-state index in [0.29, 0.717) is 26.3 Å². The lowest BCUT2D eigenvalue weighted by atomic mass is 10.3. The van der Waals surface area contributed by atoms with Crippen LogP contribution in [-0.2, 0) is 4.79 Å². The van der Waals surface area contributed by atoms with E-state index in [2.05, 4.69) is 10.6 Å². The van der Waals surface area contributed by atoms with Gasteiger partial charge in [0.15, 0.2) is 11.5 Å². The minimum absolute atomic E-state index is 0.0153. The van der Waals surface area contributed by atoms with E-state index >= 15 is 0 Å². The molecule has 0 atom stereocenters. The lowest BCUT2D eigenvalue weighted by Crippen LogP contribution is -2.35. The second-order valence-electron chi connectivity index (χ2n) is 4.25. The zero-order valence-electron chi connectivity index (χ0n) is 12.3. The van der Waals surface area contributed by atoms with Crippen molar-refractivity contribution >= 4 is 5.91 Å². The van der Waals surface area contributed by atoms with Crippen molar-refractivity contribution in [1.82, 2.24) is 10.6 Å². The zero-order chi connectivity index (χ0) is 14.6. The molecule has 1 aromatic carbocycles. The number of ether oxygens (including phenoxy) is 2. The Morgan fingerprint density at radius 1 is 1.10 bits per heavy atom. The SMILES string of the molecule is CCCNC(=O)CNCCOc1ccccc1OCC. The first-order valence-corrected chi connectivity index (χ1v) is 7.10. The molecule has 2 N–H and O–H groups in total. The number of hydrogen-bond donors (Lipinski definition) is 2. The van der Waals surface area contributed by atoms with Crippen molar-refractivity contribution < 1.29 is 14.3 Å². The van der Waals surface area contributed by atoms with Crippen LogP contribution in [0.5, 0.6) is 11.5 Å². The van der Waals surface area contributed by atoms with Crippen LogP contribution in [0.25, 0.3) is 0 Å². The van der Waals surface area contributed by atoms with Crippen LogP contribution < -0.4 is 20.1 Å². The van der Waals surface area contributed by atoms with Gasteiger partial charge < -0.3 is 20.1 Å². The number of rotatable bonds is 10. The van der Waals surface area contributed by atoms with Crippen LogP contribution in [0.15, 0.2) is 24.3 Å². The first-order chi connectivity index (χ1) is 9.77. The lowest BCUT2D eigenvalue weighted by Gasteiger charge is -2.11. The number of hydrogen-bond acceptors (Lipinski definition) is 4. The van der Waals surface area contributed by atoms with Crippen LogP contribution in [0.4, 0.5) is 0 Å². The Hall–Kier alpha value is -1.75. The molecule has 0 bridgehead atoms. The Morgan fingerprint density at radius 2 is 1.80 bits per heavy atom. The summed E-state index contributed by atoms with van der Waals surface area (Å²) in [7, 11) is 0. The monoisotopic (exact) mass is 280 g/mol. The number of benzene rings is 1.